The second-order valence-electron chi connectivity index (χ2n) is 7.85. The average molecular weight is 453 g/mol. The monoisotopic (exact) mass is 452 g/mol. The first-order valence-corrected chi connectivity index (χ1v) is 11.2. The Morgan fingerprint density at radius 1 is 1.27 bits per heavy atom. The quantitative estimate of drug-likeness (QED) is 0.410. The molecule has 4 aromatic heterocycles. The number of rotatable bonds is 9. The number of ether oxygens (including phenoxy) is 3. The number of likely N-dealkylation sites (N-methyl/N-ethyl adjacent to an activating group) is 1. The number of morpholine rings is 1. The van der Waals surface area contributed by atoms with Gasteiger partial charge in [0, 0.05) is 39.0 Å². The molecule has 0 aliphatic carbocycles. The predicted molar refractivity (Wildman–Crippen MR) is 124 cm³/mol. The zero-order valence-corrected chi connectivity index (χ0v) is 18.9. The molecule has 1 aliphatic rings. The average Bonchev–Trinajstić information content (AvgIpc) is 3.48. The number of nitrogens with zero attached hydrogens (tertiary/aromatic N) is 5. The Labute approximate surface area is 191 Å². The molecule has 1 fully saturated rings. The Morgan fingerprint density at radius 2 is 2.21 bits per heavy atom. The van der Waals surface area contributed by atoms with Crippen molar-refractivity contribution >= 4 is 22.4 Å². The Kier molecular flexibility index (Phi) is 6.38. The van der Waals surface area contributed by atoms with Crippen LogP contribution in [0.2, 0.25) is 0 Å². The van der Waals surface area contributed by atoms with Gasteiger partial charge in [0.05, 0.1) is 37.4 Å². The third-order valence-electron chi connectivity index (χ3n) is 5.69. The molecule has 4 aromatic rings. The lowest BCUT2D eigenvalue weighted by Gasteiger charge is -2.23. The van der Waals surface area contributed by atoms with Crippen molar-refractivity contribution < 1.29 is 18.6 Å². The minimum Gasteiger partial charge on any atom is -0.475 e. The number of furan rings is 1. The summed E-state index contributed by atoms with van der Waals surface area (Å²) in [5, 5.41) is 8.96. The van der Waals surface area contributed by atoms with Crippen molar-refractivity contribution in [1.82, 2.24) is 24.9 Å². The number of imidazole rings is 1. The fraction of sp³-hybridized carbons (Fsp3) is 0.435. The molecule has 0 amide bonds. The van der Waals surface area contributed by atoms with Gasteiger partial charge in [-0.2, -0.15) is 0 Å². The SMILES string of the molecule is CCN(CCOC)c1nccc2oc(-c3cnc4ccc(OCC5COCCN5)nn34)cc12. The minimum atomic E-state index is 0.152. The molecule has 10 nitrogen and oxygen atoms in total. The van der Waals surface area contributed by atoms with E-state index in [1.54, 1.807) is 24.0 Å². The summed E-state index contributed by atoms with van der Waals surface area (Å²) in [5.74, 6) is 2.06. The molecule has 10 heteroatoms. The molecule has 1 aliphatic heterocycles. The van der Waals surface area contributed by atoms with E-state index in [2.05, 4.69) is 32.2 Å². The zero-order chi connectivity index (χ0) is 22.6. The van der Waals surface area contributed by atoms with Crippen molar-refractivity contribution in [3.8, 4) is 17.3 Å². The minimum absolute atomic E-state index is 0.152. The first-order chi connectivity index (χ1) is 16.3. The molecule has 0 bridgehead atoms. The van der Waals surface area contributed by atoms with E-state index in [4.69, 9.17) is 18.6 Å². The fourth-order valence-electron chi connectivity index (χ4n) is 3.96. The maximum absolute atomic E-state index is 6.19. The molecule has 5 rings (SSSR count). The summed E-state index contributed by atoms with van der Waals surface area (Å²) in [5.41, 5.74) is 2.22. The van der Waals surface area contributed by atoms with Gasteiger partial charge in [0.25, 0.3) is 0 Å². The second-order valence-corrected chi connectivity index (χ2v) is 7.85. The van der Waals surface area contributed by atoms with Gasteiger partial charge in [-0.3, -0.25) is 0 Å². The first kappa shape index (κ1) is 21.6. The second kappa shape index (κ2) is 9.74. The van der Waals surface area contributed by atoms with E-state index in [1.165, 1.54) is 0 Å². The van der Waals surface area contributed by atoms with Crippen molar-refractivity contribution in [3.05, 3.63) is 36.7 Å². The lowest BCUT2D eigenvalue weighted by atomic mass is 10.2. The molecule has 0 saturated carbocycles. The highest BCUT2D eigenvalue weighted by Crippen LogP contribution is 2.33. The molecule has 5 heterocycles. The van der Waals surface area contributed by atoms with Gasteiger partial charge in [-0.25, -0.2) is 14.5 Å². The van der Waals surface area contributed by atoms with Crippen molar-refractivity contribution in [1.29, 1.82) is 0 Å². The van der Waals surface area contributed by atoms with Crippen LogP contribution in [0.25, 0.3) is 28.1 Å². The molecule has 174 valence electrons. The van der Waals surface area contributed by atoms with E-state index in [0.717, 1.165) is 48.7 Å². The molecular formula is C23H28N6O4. The first-order valence-electron chi connectivity index (χ1n) is 11.2. The van der Waals surface area contributed by atoms with E-state index in [1.807, 2.05) is 24.3 Å². The summed E-state index contributed by atoms with van der Waals surface area (Å²) >= 11 is 0. The Hall–Kier alpha value is -3.21. The van der Waals surface area contributed by atoms with Gasteiger partial charge in [0.2, 0.25) is 5.88 Å². The van der Waals surface area contributed by atoms with E-state index in [9.17, 15) is 0 Å². The van der Waals surface area contributed by atoms with Crippen LogP contribution in [0.3, 0.4) is 0 Å². The smallest absolute Gasteiger partial charge is 0.231 e. The van der Waals surface area contributed by atoms with Crippen LogP contribution < -0.4 is 15.0 Å². The summed E-state index contributed by atoms with van der Waals surface area (Å²) in [6.45, 7) is 6.96. The molecule has 33 heavy (non-hydrogen) atoms. The van der Waals surface area contributed by atoms with E-state index in [-0.39, 0.29) is 6.04 Å². The number of fused-ring (bicyclic) bond motifs is 2. The number of nitrogens with one attached hydrogen (secondary N) is 1. The number of aromatic nitrogens is 4. The van der Waals surface area contributed by atoms with Crippen molar-refractivity contribution in [2.45, 2.75) is 13.0 Å². The lowest BCUT2D eigenvalue weighted by Crippen LogP contribution is -2.44. The molecule has 1 unspecified atom stereocenters. The van der Waals surface area contributed by atoms with Crippen LogP contribution in [-0.2, 0) is 9.47 Å². The number of anilines is 1. The summed E-state index contributed by atoms with van der Waals surface area (Å²) in [6, 6.07) is 7.73. The Bertz CT molecular complexity index is 1220. The summed E-state index contributed by atoms with van der Waals surface area (Å²) in [6.07, 6.45) is 3.53. The Balaban J connectivity index is 1.44. The van der Waals surface area contributed by atoms with Crippen LogP contribution in [0.5, 0.6) is 5.88 Å². The Morgan fingerprint density at radius 3 is 3.03 bits per heavy atom. The van der Waals surface area contributed by atoms with Gasteiger partial charge in [-0.1, -0.05) is 0 Å². The molecule has 0 spiro atoms. The van der Waals surface area contributed by atoms with Crippen molar-refractivity contribution in [2.24, 2.45) is 0 Å². The van der Waals surface area contributed by atoms with Crippen LogP contribution in [0.15, 0.2) is 41.1 Å². The number of hydrogen-bond acceptors (Lipinski definition) is 9. The van der Waals surface area contributed by atoms with E-state index < -0.39 is 0 Å². The third kappa shape index (κ3) is 4.50. The topological polar surface area (TPSA) is 99.2 Å². The number of methoxy groups -OCH3 is 1. The van der Waals surface area contributed by atoms with Crippen molar-refractivity contribution in [3.63, 3.8) is 0 Å². The highest BCUT2D eigenvalue weighted by molar-refractivity contribution is 5.91. The molecule has 1 N–H and O–H groups in total. The molecule has 0 aromatic carbocycles. The number of hydrogen-bond donors (Lipinski definition) is 1. The molecule has 1 saturated heterocycles. The van der Waals surface area contributed by atoms with Crippen LogP contribution in [0, 0.1) is 0 Å². The third-order valence-corrected chi connectivity index (χ3v) is 5.69. The standard InChI is InChI=1S/C23H28N6O4/c1-3-28(9-11-30-2)23-17-12-20(33-19(17)6-7-25-23)18-13-26-21-4-5-22(27-29(18)21)32-15-16-14-31-10-8-24-16/h4-7,12-13,16,24H,3,8-11,14-15H2,1-2H3. The largest absolute Gasteiger partial charge is 0.475 e. The molecule has 1 atom stereocenters. The van der Waals surface area contributed by atoms with Gasteiger partial charge in [0.15, 0.2) is 11.4 Å². The van der Waals surface area contributed by atoms with Gasteiger partial charge < -0.3 is 28.8 Å². The van der Waals surface area contributed by atoms with Crippen LogP contribution in [-0.4, -0.2) is 78.8 Å². The molecular weight excluding hydrogens is 424 g/mol. The summed E-state index contributed by atoms with van der Waals surface area (Å²) in [7, 11) is 1.70. The van der Waals surface area contributed by atoms with Gasteiger partial charge >= 0.3 is 0 Å². The van der Waals surface area contributed by atoms with Gasteiger partial charge in [0.1, 0.15) is 23.7 Å². The van der Waals surface area contributed by atoms with Crippen LogP contribution in [0.1, 0.15) is 6.92 Å². The highest BCUT2D eigenvalue weighted by atomic mass is 16.5. The van der Waals surface area contributed by atoms with E-state index in [0.29, 0.717) is 37.1 Å². The van der Waals surface area contributed by atoms with Gasteiger partial charge in [-0.05, 0) is 25.1 Å². The number of pyridine rings is 1. The predicted octanol–water partition coefficient (Wildman–Crippen LogP) is 2.38. The van der Waals surface area contributed by atoms with Crippen LogP contribution in [0.4, 0.5) is 5.82 Å². The van der Waals surface area contributed by atoms with Crippen molar-refractivity contribution in [2.75, 3.05) is 58.1 Å². The summed E-state index contributed by atoms with van der Waals surface area (Å²) in [4.78, 5) is 11.3. The molecule has 0 radical (unpaired) electrons. The summed E-state index contributed by atoms with van der Waals surface area (Å²) < 4.78 is 24.6. The maximum Gasteiger partial charge on any atom is 0.231 e. The normalized spacial score (nSPS) is 16.5. The van der Waals surface area contributed by atoms with Gasteiger partial charge in [-0.15, -0.1) is 5.10 Å². The lowest BCUT2D eigenvalue weighted by molar-refractivity contribution is 0.0583. The van der Waals surface area contributed by atoms with Crippen LogP contribution >= 0.6 is 0 Å². The fourth-order valence-corrected chi connectivity index (χ4v) is 3.96. The zero-order valence-electron chi connectivity index (χ0n) is 18.9. The maximum atomic E-state index is 6.19. The van der Waals surface area contributed by atoms with E-state index >= 15 is 0 Å². The highest BCUT2D eigenvalue weighted by Gasteiger charge is 2.18.